The largest absolute Gasteiger partial charge is 0.494 e. The lowest BCUT2D eigenvalue weighted by atomic mass is 9.78. The van der Waals surface area contributed by atoms with Crippen LogP contribution in [0.5, 0.6) is 0 Å². The van der Waals surface area contributed by atoms with Gasteiger partial charge in [0, 0.05) is 127 Å². The maximum absolute atomic E-state index is 6.97. The van der Waals surface area contributed by atoms with Gasteiger partial charge in [0.2, 0.25) is 0 Å². The normalized spacial score (nSPS) is 15.4. The van der Waals surface area contributed by atoms with Gasteiger partial charge in [0.15, 0.2) is 0 Å². The molecule has 0 atom stereocenters. The van der Waals surface area contributed by atoms with Crippen LogP contribution >= 0.6 is 0 Å². The summed E-state index contributed by atoms with van der Waals surface area (Å²) < 4.78 is 71.5. The highest BCUT2D eigenvalue weighted by Crippen LogP contribution is 2.52. The number of anilines is 9. The molecule has 149 heavy (non-hydrogen) atoms. The van der Waals surface area contributed by atoms with Crippen LogP contribution < -0.4 is 31.1 Å². The maximum Gasteiger partial charge on any atom is 0.494 e. The quantitative estimate of drug-likeness (QED) is 0.0801. The molecule has 8 heterocycles. The number of hydrogen-bond donors (Lipinski definition) is 0. The van der Waals surface area contributed by atoms with Crippen LogP contribution in [0, 0.1) is 0 Å². The molecule has 726 valence electrons. The van der Waals surface area contributed by atoms with Gasteiger partial charge in [-0.15, -0.1) is 0 Å². The van der Waals surface area contributed by atoms with E-state index in [4.69, 9.17) is 50.0 Å². The van der Waals surface area contributed by atoms with Crippen LogP contribution in [-0.4, -0.2) is 55.0 Å². The summed E-state index contributed by atoms with van der Waals surface area (Å²) >= 11 is 0. The third kappa shape index (κ3) is 17.0. The average molecular weight is 1940 g/mol. The minimum atomic E-state index is -0.467. The van der Waals surface area contributed by atoms with Crippen molar-refractivity contribution in [2.24, 2.45) is 0 Å². The van der Waals surface area contributed by atoms with Crippen molar-refractivity contribution in [1.82, 2.24) is 0 Å². The molecule has 3 aliphatic rings. The molecule has 19 aromatic carbocycles. The lowest BCUT2D eigenvalue weighted by Crippen LogP contribution is -2.41. The molecule has 0 spiro atoms. The predicted molar refractivity (Wildman–Crippen MR) is 614 cm³/mol. The lowest BCUT2D eigenvalue weighted by Gasteiger charge is -2.32. The molecule has 14 nitrogen and oxygen atoms in total. The fourth-order valence-corrected chi connectivity index (χ4v) is 21.1. The second kappa shape index (κ2) is 36.9. The summed E-state index contributed by atoms with van der Waals surface area (Å²) in [5.41, 5.74) is 29.0. The van der Waals surface area contributed by atoms with Crippen LogP contribution in [0.15, 0.2) is 459 Å². The molecule has 3 aliphatic heterocycles. The second-order valence-corrected chi connectivity index (χ2v) is 42.1. The molecule has 0 radical (unpaired) electrons. The van der Waals surface area contributed by atoms with Crippen LogP contribution in [0.1, 0.15) is 83.1 Å². The molecule has 27 rings (SSSR count). The first-order valence-corrected chi connectivity index (χ1v) is 51.1. The Bertz CT molecular complexity index is 9060. The van der Waals surface area contributed by atoms with Gasteiger partial charge >= 0.3 is 21.4 Å². The van der Waals surface area contributed by atoms with Gasteiger partial charge < -0.3 is 64.7 Å². The zero-order valence-corrected chi connectivity index (χ0v) is 85.1. The SMILES string of the molecule is CC1(C)OB(c2ccc3c(c2)oc2cc(-c4cc(N(c5ccccc5)c5ccccc5)cc5c4oc4c(-c6ccccc6)cccc45)ccc23)OC1(C)C.CC1(C)OB(c2ccc3oc4ccc(-c5cc(N(c6ccccc6)c6ccccc6)cc6c5oc5ccccc56)cc4c3c2)OC1(C)C.CC1(C)OB(c2cccc(-c3cccc(-c4cc(N(c5ccccc5)c5ccccc5)cc5c4oc4ccccc45)c3)c2)OC1(C)C. The number of fused-ring (bicyclic) bond motifs is 15. The molecule has 0 N–H and O–H groups in total. The summed E-state index contributed by atoms with van der Waals surface area (Å²) in [6, 6.07) is 152. The Kier molecular flexibility index (Phi) is 23.2. The predicted octanol–water partition coefficient (Wildman–Crippen LogP) is 34.2. The molecule has 5 aromatic heterocycles. The van der Waals surface area contributed by atoms with E-state index in [1.165, 1.54) is 0 Å². The van der Waals surface area contributed by atoms with E-state index in [1.807, 2.05) is 54.6 Å². The number of rotatable bonds is 17. The van der Waals surface area contributed by atoms with E-state index in [9.17, 15) is 0 Å². The standard InChI is InChI=1S/C48H38BNO4.C42H34BNO4.C42H36BNO3/c1-47(2)48(3,4)54-49(53-47)33-24-26-39-38-25-23-32(27-43(38)51-44(39)28-33)41-29-36(50(34-17-10-6-11-18-34)35-19-12-7-13-20-35)30-42-40-22-14-21-37(45(40)52-46(41)42)31-15-8-5-9-16-31;1-41(2)42(3,4)48-43(47-41)28-20-22-39-35(24-28)34-23-27(19-21-38(34)45-39)33-25-31(26-36-32-17-11-12-18-37(32)46-40(33)36)44(29-13-7-5-8-14-29)30-15-9-6-10-16-30;1-41(2)42(3,4)47-43(46-41)32-18-14-16-30(26-32)29-15-13-17-31(25-29)37-27-35(28-38-36-23-11-12-24-39(36)45-40(37)38)44(33-19-7-5-8-20-33)34-21-9-6-10-22-34/h5-30H,1-4H3;5-26H,1-4H3;5-28H,1-4H3. The highest BCUT2D eigenvalue weighted by Gasteiger charge is 2.54. The Morgan fingerprint density at radius 1 is 0.154 bits per heavy atom. The maximum atomic E-state index is 6.97. The van der Waals surface area contributed by atoms with Gasteiger partial charge in [-0.1, -0.05) is 273 Å². The lowest BCUT2D eigenvalue weighted by molar-refractivity contribution is 0.00578. The smallest absolute Gasteiger partial charge is 0.456 e. The molecule has 0 bridgehead atoms. The Morgan fingerprint density at radius 2 is 0.443 bits per heavy atom. The van der Waals surface area contributed by atoms with Gasteiger partial charge in [-0.2, -0.15) is 0 Å². The fourth-order valence-electron chi connectivity index (χ4n) is 21.1. The van der Waals surface area contributed by atoms with Crippen molar-refractivity contribution >= 4 is 199 Å². The van der Waals surface area contributed by atoms with E-state index >= 15 is 0 Å². The van der Waals surface area contributed by atoms with Crippen LogP contribution in [0.3, 0.4) is 0 Å². The Labute approximate surface area is 866 Å². The third-order valence-electron chi connectivity index (χ3n) is 31.0. The van der Waals surface area contributed by atoms with Crippen LogP contribution in [0.2, 0.25) is 0 Å². The molecule has 24 aromatic rings. The second-order valence-electron chi connectivity index (χ2n) is 42.1. The van der Waals surface area contributed by atoms with Crippen LogP contribution in [0.4, 0.5) is 51.2 Å². The first kappa shape index (κ1) is 93.6. The molecular formula is C132H108B3N3O11. The average Bonchev–Trinajstić information content (AvgIpc) is 1.59. The molecule has 3 saturated heterocycles. The van der Waals surface area contributed by atoms with Crippen molar-refractivity contribution in [3.05, 3.63) is 437 Å². The molecular weight excluding hydrogens is 1840 g/mol. The molecule has 0 saturated carbocycles. The Morgan fingerprint density at radius 3 is 0.899 bits per heavy atom. The molecule has 3 fully saturated rings. The van der Waals surface area contributed by atoms with Gasteiger partial charge in [0.1, 0.15) is 55.8 Å². The van der Waals surface area contributed by atoms with Gasteiger partial charge in [0.25, 0.3) is 0 Å². The van der Waals surface area contributed by atoms with Gasteiger partial charge in [0.05, 0.1) is 33.6 Å². The van der Waals surface area contributed by atoms with E-state index < -0.39 is 55.0 Å². The summed E-state index contributed by atoms with van der Waals surface area (Å²) in [6.07, 6.45) is 0. The summed E-state index contributed by atoms with van der Waals surface area (Å²) in [7, 11) is -1.34. The number of hydrogen-bond acceptors (Lipinski definition) is 14. The summed E-state index contributed by atoms with van der Waals surface area (Å²) in [5.74, 6) is 0. The number of nitrogens with zero attached hydrogens (tertiary/aromatic N) is 3. The van der Waals surface area contributed by atoms with Crippen LogP contribution in [-0.2, 0) is 27.9 Å². The van der Waals surface area contributed by atoms with Gasteiger partial charge in [-0.3, -0.25) is 0 Å². The minimum Gasteiger partial charge on any atom is -0.456 e. The third-order valence-corrected chi connectivity index (χ3v) is 31.0. The summed E-state index contributed by atoms with van der Waals surface area (Å²) in [4.78, 5) is 6.91. The zero-order valence-electron chi connectivity index (χ0n) is 85.1. The van der Waals surface area contributed by atoms with Crippen molar-refractivity contribution in [2.45, 2.75) is 117 Å². The molecule has 0 amide bonds. The molecule has 0 unspecified atom stereocenters. The van der Waals surface area contributed by atoms with Crippen molar-refractivity contribution < 1.29 is 50.0 Å². The zero-order chi connectivity index (χ0) is 101. The number of benzene rings is 19. The first-order chi connectivity index (χ1) is 72.3. The summed E-state index contributed by atoms with van der Waals surface area (Å²) in [6.45, 7) is 25.0. The van der Waals surface area contributed by atoms with E-state index in [0.29, 0.717) is 0 Å². The highest BCUT2D eigenvalue weighted by molar-refractivity contribution is 6.63. The number of para-hydroxylation sites is 9. The van der Waals surface area contributed by atoms with Crippen molar-refractivity contribution in [3.63, 3.8) is 0 Å². The highest BCUT2D eigenvalue weighted by atomic mass is 16.7. The molecule has 17 heteroatoms. The Balaban J connectivity index is 0.000000116. The van der Waals surface area contributed by atoms with Gasteiger partial charge in [-0.05, 0) is 297 Å². The van der Waals surface area contributed by atoms with Crippen molar-refractivity contribution in [3.8, 4) is 55.6 Å². The molecule has 0 aliphatic carbocycles. The Hall–Kier alpha value is -16.5. The topological polar surface area (TPSA) is 131 Å². The van der Waals surface area contributed by atoms with E-state index in [1.54, 1.807) is 0 Å². The fraction of sp³-hybridized carbons (Fsp3) is 0.136. The van der Waals surface area contributed by atoms with Crippen molar-refractivity contribution in [2.75, 3.05) is 14.7 Å². The minimum absolute atomic E-state index is 0.399. The van der Waals surface area contributed by atoms with Crippen molar-refractivity contribution in [1.29, 1.82) is 0 Å². The van der Waals surface area contributed by atoms with E-state index in [0.717, 1.165) is 233 Å². The van der Waals surface area contributed by atoms with Gasteiger partial charge in [-0.25, -0.2) is 0 Å². The number of furan rings is 5. The summed E-state index contributed by atoms with van der Waals surface area (Å²) in [5, 5.41) is 10.6. The van der Waals surface area contributed by atoms with E-state index in [2.05, 4.69) is 480 Å². The monoisotopic (exact) mass is 1940 g/mol. The van der Waals surface area contributed by atoms with E-state index in [-0.39, 0.29) is 0 Å². The van der Waals surface area contributed by atoms with Crippen LogP contribution in [0.25, 0.3) is 165 Å². The first-order valence-electron chi connectivity index (χ1n) is 51.1.